The summed E-state index contributed by atoms with van der Waals surface area (Å²) in [7, 11) is 0. The van der Waals surface area contributed by atoms with E-state index in [9.17, 15) is 24.3 Å². The van der Waals surface area contributed by atoms with Gasteiger partial charge < -0.3 is 19.3 Å². The summed E-state index contributed by atoms with van der Waals surface area (Å²) in [6, 6.07) is 0. The van der Waals surface area contributed by atoms with Crippen LogP contribution in [0.2, 0.25) is 0 Å². The van der Waals surface area contributed by atoms with E-state index in [0.717, 1.165) is 12.8 Å². The van der Waals surface area contributed by atoms with Crippen LogP contribution in [-0.4, -0.2) is 47.3 Å². The van der Waals surface area contributed by atoms with E-state index >= 15 is 0 Å². The van der Waals surface area contributed by atoms with Crippen LogP contribution in [0.4, 0.5) is 0 Å². The lowest BCUT2D eigenvalue weighted by molar-refractivity contribution is -0.174. The molecule has 0 amide bonds. The van der Waals surface area contributed by atoms with Crippen LogP contribution in [-0.2, 0) is 33.4 Å². The molecule has 0 bridgehead atoms. The van der Waals surface area contributed by atoms with E-state index in [4.69, 9.17) is 14.2 Å². The van der Waals surface area contributed by atoms with Gasteiger partial charge >= 0.3 is 17.9 Å². The summed E-state index contributed by atoms with van der Waals surface area (Å²) in [4.78, 5) is 48.0. The van der Waals surface area contributed by atoms with Gasteiger partial charge in [-0.15, -0.1) is 0 Å². The Hall–Kier alpha value is -2.22. The fourth-order valence-corrected chi connectivity index (χ4v) is 6.09. The van der Waals surface area contributed by atoms with Gasteiger partial charge in [-0.1, -0.05) is 20.8 Å². The van der Waals surface area contributed by atoms with Gasteiger partial charge in [0.05, 0.1) is 6.10 Å². The number of carbonyl (C=O) groups excluding carboxylic acids is 4. The lowest BCUT2D eigenvalue weighted by Crippen LogP contribution is -2.52. The third kappa shape index (κ3) is 4.60. The van der Waals surface area contributed by atoms with Crippen LogP contribution in [0.1, 0.15) is 73.1 Å². The molecule has 32 heavy (non-hydrogen) atoms. The number of hydrogen-bond acceptors (Lipinski definition) is 8. The molecule has 0 spiro atoms. The summed E-state index contributed by atoms with van der Waals surface area (Å²) < 4.78 is 15.5. The summed E-state index contributed by atoms with van der Waals surface area (Å²) in [5.41, 5.74) is -0.786. The minimum Gasteiger partial charge on any atom is -0.462 e. The Morgan fingerprint density at radius 2 is 1.81 bits per heavy atom. The van der Waals surface area contributed by atoms with Crippen LogP contribution < -0.4 is 0 Å². The van der Waals surface area contributed by atoms with Crippen LogP contribution in [0.3, 0.4) is 0 Å². The monoisotopic (exact) mass is 450 g/mol. The summed E-state index contributed by atoms with van der Waals surface area (Å²) in [6.45, 7) is 8.77. The Kier molecular flexibility index (Phi) is 6.84. The molecule has 0 saturated heterocycles. The average Bonchev–Trinajstić information content (AvgIpc) is 2.97. The first-order valence-corrected chi connectivity index (χ1v) is 11.3. The van der Waals surface area contributed by atoms with Crippen molar-refractivity contribution in [1.82, 2.24) is 0 Å². The molecular weight excluding hydrogens is 416 g/mol. The molecule has 7 atom stereocenters. The topological polar surface area (TPSA) is 116 Å². The SMILES string of the molecule is CC(=O)O[C@@H]1CC[C@@H]2[C@@](C)(C[C@H](O)C3=CC(=O)O[C@@H]3OC(C)=O)[C@H](C)CC[C@@]2(C)C(=O)C1. The maximum atomic E-state index is 13.3. The lowest BCUT2D eigenvalue weighted by Gasteiger charge is -2.55. The fraction of sp³-hybridized carbons (Fsp3) is 0.750. The zero-order valence-electron chi connectivity index (χ0n) is 19.5. The minimum atomic E-state index is -1.23. The maximum Gasteiger partial charge on any atom is 0.334 e. The van der Waals surface area contributed by atoms with E-state index in [2.05, 4.69) is 13.8 Å². The first-order chi connectivity index (χ1) is 14.9. The van der Waals surface area contributed by atoms with Crippen molar-refractivity contribution in [2.75, 3.05) is 0 Å². The predicted octanol–water partition coefficient (Wildman–Crippen LogP) is 2.85. The third-order valence-corrected chi connectivity index (χ3v) is 8.02. The predicted molar refractivity (Wildman–Crippen MR) is 113 cm³/mol. The lowest BCUT2D eigenvalue weighted by atomic mass is 9.49. The molecule has 2 aliphatic carbocycles. The van der Waals surface area contributed by atoms with Gasteiger partial charge in [0.1, 0.15) is 11.9 Å². The molecule has 2 fully saturated rings. The van der Waals surface area contributed by atoms with E-state index in [1.54, 1.807) is 0 Å². The summed E-state index contributed by atoms with van der Waals surface area (Å²) >= 11 is 0. The molecule has 0 radical (unpaired) electrons. The highest BCUT2D eigenvalue weighted by Crippen LogP contribution is 2.60. The van der Waals surface area contributed by atoms with Crippen molar-refractivity contribution in [2.45, 2.75) is 91.6 Å². The zero-order valence-corrected chi connectivity index (χ0v) is 19.5. The van der Waals surface area contributed by atoms with E-state index in [0.29, 0.717) is 19.3 Å². The second kappa shape index (κ2) is 8.96. The first kappa shape index (κ1) is 24.4. The molecule has 3 aliphatic rings. The molecule has 2 saturated carbocycles. The molecule has 0 aromatic carbocycles. The number of ketones is 1. The Balaban J connectivity index is 1.88. The number of hydrogen-bond donors (Lipinski definition) is 1. The van der Waals surface area contributed by atoms with Crippen LogP contribution >= 0.6 is 0 Å². The highest BCUT2D eigenvalue weighted by molar-refractivity contribution is 5.87. The van der Waals surface area contributed by atoms with Crippen molar-refractivity contribution in [2.24, 2.45) is 22.7 Å². The zero-order chi connectivity index (χ0) is 23.8. The molecular formula is C24H34O8. The average molecular weight is 451 g/mol. The van der Waals surface area contributed by atoms with E-state index in [-0.39, 0.29) is 29.6 Å². The summed E-state index contributed by atoms with van der Waals surface area (Å²) in [6.07, 6.45) is 1.81. The number of aliphatic hydroxyl groups excluding tert-OH is 1. The minimum absolute atomic E-state index is 0.0349. The molecule has 8 heteroatoms. The number of aliphatic hydroxyl groups is 1. The van der Waals surface area contributed by atoms with Crippen LogP contribution in [0.25, 0.3) is 0 Å². The normalized spacial score (nSPS) is 38.1. The van der Waals surface area contributed by atoms with Crippen molar-refractivity contribution in [1.29, 1.82) is 0 Å². The van der Waals surface area contributed by atoms with Crippen LogP contribution in [0.15, 0.2) is 11.6 Å². The van der Waals surface area contributed by atoms with Crippen molar-refractivity contribution < 1.29 is 38.5 Å². The largest absolute Gasteiger partial charge is 0.462 e. The Morgan fingerprint density at radius 3 is 2.44 bits per heavy atom. The second-order valence-corrected chi connectivity index (χ2v) is 10.1. The van der Waals surface area contributed by atoms with E-state index in [1.807, 2.05) is 6.92 Å². The van der Waals surface area contributed by atoms with Gasteiger partial charge in [-0.3, -0.25) is 14.4 Å². The van der Waals surface area contributed by atoms with Gasteiger partial charge in [-0.2, -0.15) is 0 Å². The van der Waals surface area contributed by atoms with Crippen molar-refractivity contribution in [3.63, 3.8) is 0 Å². The van der Waals surface area contributed by atoms with Crippen LogP contribution in [0, 0.1) is 22.7 Å². The molecule has 3 rings (SSSR count). The molecule has 8 nitrogen and oxygen atoms in total. The molecule has 1 aliphatic heterocycles. The third-order valence-electron chi connectivity index (χ3n) is 8.02. The van der Waals surface area contributed by atoms with Gasteiger partial charge in [0, 0.05) is 37.3 Å². The highest BCUT2D eigenvalue weighted by Gasteiger charge is 2.57. The maximum absolute atomic E-state index is 13.3. The number of esters is 3. The van der Waals surface area contributed by atoms with Crippen LogP contribution in [0.5, 0.6) is 0 Å². The van der Waals surface area contributed by atoms with Gasteiger partial charge in [-0.25, -0.2) is 4.79 Å². The van der Waals surface area contributed by atoms with E-state index < -0.39 is 47.2 Å². The first-order valence-electron chi connectivity index (χ1n) is 11.3. The van der Waals surface area contributed by atoms with Crippen molar-refractivity contribution in [3.05, 3.63) is 11.6 Å². The Bertz CT molecular complexity index is 832. The smallest absolute Gasteiger partial charge is 0.334 e. The van der Waals surface area contributed by atoms with Gasteiger partial charge in [0.15, 0.2) is 0 Å². The molecule has 0 aromatic heterocycles. The Morgan fingerprint density at radius 1 is 1.16 bits per heavy atom. The van der Waals surface area contributed by atoms with Crippen molar-refractivity contribution in [3.8, 4) is 0 Å². The molecule has 1 N–H and O–H groups in total. The van der Waals surface area contributed by atoms with Crippen molar-refractivity contribution >= 4 is 23.7 Å². The van der Waals surface area contributed by atoms with Gasteiger partial charge in [0.2, 0.25) is 0 Å². The number of cyclic esters (lactones) is 1. The molecule has 0 aromatic rings. The summed E-state index contributed by atoms with van der Waals surface area (Å²) in [5, 5.41) is 11.1. The van der Waals surface area contributed by atoms with Gasteiger partial charge in [0.25, 0.3) is 6.29 Å². The van der Waals surface area contributed by atoms with E-state index in [1.165, 1.54) is 19.9 Å². The van der Waals surface area contributed by atoms with Gasteiger partial charge in [-0.05, 0) is 49.4 Å². The molecule has 178 valence electrons. The number of Topliss-reactive ketones (excluding diaryl/α,β-unsaturated/α-hetero) is 1. The molecule has 1 heterocycles. The quantitative estimate of drug-likeness (QED) is 0.636. The molecule has 0 unspecified atom stereocenters. The number of fused-ring (bicyclic) bond motifs is 1. The fourth-order valence-electron chi connectivity index (χ4n) is 6.09. The number of carbonyl (C=O) groups is 4. The number of rotatable bonds is 5. The highest BCUT2D eigenvalue weighted by atomic mass is 16.7. The summed E-state index contributed by atoms with van der Waals surface area (Å²) in [5.74, 6) is -1.40. The standard InChI is InChI=1S/C24H34O8/c1-13-8-9-23(4)19(7-6-16(10-20(23)28)30-14(2)25)24(13,5)12-18(27)17-11-21(29)32-22(17)31-15(3)26/h11,13,16,18-19,22,27H,6-10,12H2,1-5H3/t13-,16-,18+,19+,22+,23-,24+/m1/s1. The Labute approximate surface area is 188 Å². The second-order valence-electron chi connectivity index (χ2n) is 10.1. The number of ether oxygens (including phenoxy) is 3.